The second-order valence-corrected chi connectivity index (χ2v) is 9.46. The summed E-state index contributed by atoms with van der Waals surface area (Å²) in [6.07, 6.45) is 7.75. The topological polar surface area (TPSA) is 55.1 Å². The van der Waals surface area contributed by atoms with Crippen molar-refractivity contribution in [3.63, 3.8) is 0 Å². The molecule has 0 bridgehead atoms. The summed E-state index contributed by atoms with van der Waals surface area (Å²) in [5.74, 6) is 1.24. The van der Waals surface area contributed by atoms with E-state index in [9.17, 15) is 0 Å². The second kappa shape index (κ2) is 9.82. The van der Waals surface area contributed by atoms with Crippen molar-refractivity contribution in [2.45, 2.75) is 6.54 Å². The highest BCUT2D eigenvalue weighted by Crippen LogP contribution is 2.38. The van der Waals surface area contributed by atoms with Crippen LogP contribution in [0.15, 0.2) is 59.6 Å². The van der Waals surface area contributed by atoms with Gasteiger partial charge in [0, 0.05) is 85.4 Å². The number of benzene rings is 1. The average molecular weight is 543 g/mol. The van der Waals surface area contributed by atoms with Crippen LogP contribution in [0.1, 0.15) is 5.56 Å². The molecule has 1 saturated heterocycles. The molecule has 5 rings (SSSR count). The predicted octanol–water partition coefficient (Wildman–Crippen LogP) is 5.15. The molecule has 34 heavy (non-hydrogen) atoms. The third-order valence-corrected chi connectivity index (χ3v) is 7.19. The number of pyridine rings is 2. The van der Waals surface area contributed by atoms with Gasteiger partial charge in [0.25, 0.3) is 0 Å². The number of piperazine rings is 1. The molecule has 0 amide bonds. The zero-order valence-corrected chi connectivity index (χ0v) is 21.4. The van der Waals surface area contributed by atoms with Crippen LogP contribution >= 0.6 is 27.5 Å². The summed E-state index contributed by atoms with van der Waals surface area (Å²) in [4.78, 5) is 13.9. The van der Waals surface area contributed by atoms with E-state index in [1.165, 1.54) is 11.3 Å². The molecule has 0 aliphatic carbocycles. The molecule has 4 aromatic rings. The Bertz CT molecular complexity index is 1320. The normalized spacial score (nSPS) is 14.5. The summed E-state index contributed by atoms with van der Waals surface area (Å²) in [6.45, 7) is 4.86. The second-order valence-electron chi connectivity index (χ2n) is 8.19. The van der Waals surface area contributed by atoms with E-state index in [1.807, 2.05) is 29.1 Å². The fourth-order valence-corrected chi connectivity index (χ4v) is 4.91. The maximum atomic E-state index is 6.37. The minimum Gasteiger partial charge on any atom is -0.496 e. The number of fused-ring (bicyclic) bond motifs is 1. The molecule has 0 N–H and O–H groups in total. The van der Waals surface area contributed by atoms with Gasteiger partial charge in [-0.2, -0.15) is 0 Å². The van der Waals surface area contributed by atoms with Gasteiger partial charge in [-0.15, -0.1) is 0 Å². The molecular weight excluding hydrogens is 518 g/mol. The molecule has 0 spiro atoms. The molecule has 4 heterocycles. The Labute approximate surface area is 212 Å². The maximum Gasteiger partial charge on any atom is 0.141 e. The minimum absolute atomic E-state index is 0.521. The van der Waals surface area contributed by atoms with E-state index in [1.54, 1.807) is 20.3 Å². The van der Waals surface area contributed by atoms with Gasteiger partial charge >= 0.3 is 0 Å². The quantitative estimate of drug-likeness (QED) is 0.336. The Hall–Kier alpha value is -2.81. The highest BCUT2D eigenvalue weighted by atomic mass is 79.9. The molecule has 0 saturated carbocycles. The lowest BCUT2D eigenvalue weighted by Crippen LogP contribution is -2.46. The van der Waals surface area contributed by atoms with E-state index in [0.29, 0.717) is 16.5 Å². The molecule has 176 valence electrons. The van der Waals surface area contributed by atoms with E-state index < -0.39 is 0 Å². The monoisotopic (exact) mass is 541 g/mol. The first-order valence-corrected chi connectivity index (χ1v) is 12.2. The lowest BCUT2D eigenvalue weighted by Gasteiger charge is -2.36. The zero-order valence-electron chi connectivity index (χ0n) is 19.0. The predicted molar refractivity (Wildman–Crippen MR) is 138 cm³/mol. The van der Waals surface area contributed by atoms with E-state index in [0.717, 1.165) is 54.1 Å². The third kappa shape index (κ3) is 4.58. The van der Waals surface area contributed by atoms with Crippen LogP contribution < -0.4 is 14.4 Å². The highest BCUT2D eigenvalue weighted by molar-refractivity contribution is 9.10. The Morgan fingerprint density at radius 2 is 1.82 bits per heavy atom. The van der Waals surface area contributed by atoms with Crippen molar-refractivity contribution in [2.75, 3.05) is 45.3 Å². The minimum atomic E-state index is 0.521. The van der Waals surface area contributed by atoms with Crippen molar-refractivity contribution in [2.24, 2.45) is 0 Å². The maximum absolute atomic E-state index is 6.37. The summed E-state index contributed by atoms with van der Waals surface area (Å²) in [5, 5.41) is 0.521. The van der Waals surface area contributed by atoms with E-state index >= 15 is 0 Å². The van der Waals surface area contributed by atoms with Crippen LogP contribution in [0.4, 0.5) is 5.69 Å². The number of hydrogen-bond donors (Lipinski definition) is 0. The van der Waals surface area contributed by atoms with Crippen LogP contribution in [0.3, 0.4) is 0 Å². The largest absolute Gasteiger partial charge is 0.496 e. The Morgan fingerprint density at radius 3 is 2.56 bits per heavy atom. The fraction of sp³-hybridized carbons (Fsp3) is 0.280. The van der Waals surface area contributed by atoms with Crippen LogP contribution in [0, 0.1) is 0 Å². The van der Waals surface area contributed by atoms with Crippen molar-refractivity contribution >= 4 is 38.9 Å². The van der Waals surface area contributed by atoms with Crippen molar-refractivity contribution in [3.05, 3.63) is 70.2 Å². The first kappa shape index (κ1) is 23.0. The van der Waals surface area contributed by atoms with Crippen LogP contribution in [0.2, 0.25) is 5.02 Å². The summed E-state index contributed by atoms with van der Waals surface area (Å²) in [6, 6.07) is 9.98. The molecule has 1 aliphatic rings. The van der Waals surface area contributed by atoms with Crippen molar-refractivity contribution in [1.29, 1.82) is 0 Å². The zero-order chi connectivity index (χ0) is 23.7. The van der Waals surface area contributed by atoms with Gasteiger partial charge in [0.2, 0.25) is 0 Å². The van der Waals surface area contributed by atoms with Gasteiger partial charge in [0.1, 0.15) is 17.1 Å². The van der Waals surface area contributed by atoms with Gasteiger partial charge in [-0.05, 0) is 39.7 Å². The number of anilines is 1. The number of nitrogens with zero attached hydrogens (tertiary/aromatic N) is 5. The van der Waals surface area contributed by atoms with Gasteiger partial charge in [-0.1, -0.05) is 11.6 Å². The molecule has 0 radical (unpaired) electrons. The van der Waals surface area contributed by atoms with Crippen LogP contribution in [0.25, 0.3) is 16.9 Å². The Balaban J connectivity index is 1.33. The summed E-state index contributed by atoms with van der Waals surface area (Å²) in [5.41, 5.74) is 4.95. The lowest BCUT2D eigenvalue weighted by atomic mass is 10.1. The molecule has 1 aliphatic heterocycles. The number of aromatic nitrogens is 3. The molecule has 1 aromatic carbocycles. The molecule has 3 aromatic heterocycles. The van der Waals surface area contributed by atoms with Crippen molar-refractivity contribution in [3.8, 4) is 22.8 Å². The van der Waals surface area contributed by atoms with Crippen LogP contribution in [0.5, 0.6) is 11.5 Å². The Kier molecular flexibility index (Phi) is 6.63. The number of methoxy groups -OCH3 is 2. The molecule has 0 atom stereocenters. The first-order chi connectivity index (χ1) is 16.6. The third-order valence-electron chi connectivity index (χ3n) is 6.18. The van der Waals surface area contributed by atoms with Gasteiger partial charge in [-0.25, -0.2) is 4.98 Å². The lowest BCUT2D eigenvalue weighted by molar-refractivity contribution is 0.249. The van der Waals surface area contributed by atoms with E-state index in [4.69, 9.17) is 26.1 Å². The smallest absolute Gasteiger partial charge is 0.141 e. The van der Waals surface area contributed by atoms with E-state index in [-0.39, 0.29) is 0 Å². The van der Waals surface area contributed by atoms with E-state index in [2.05, 4.69) is 55.1 Å². The average Bonchev–Trinajstić information content (AvgIpc) is 3.29. The first-order valence-electron chi connectivity index (χ1n) is 11.0. The summed E-state index contributed by atoms with van der Waals surface area (Å²) >= 11 is 9.98. The summed E-state index contributed by atoms with van der Waals surface area (Å²) in [7, 11) is 3.22. The highest BCUT2D eigenvalue weighted by Gasteiger charge is 2.19. The van der Waals surface area contributed by atoms with Gasteiger partial charge in [-0.3, -0.25) is 9.88 Å². The van der Waals surface area contributed by atoms with Crippen LogP contribution in [-0.2, 0) is 6.54 Å². The number of hydrogen-bond acceptors (Lipinski definition) is 6. The standard InChI is InChI=1S/C25H25BrClN5O2/c1-33-23-13-24(34-2)21(27)12-19(23)22-16-32-6-4-18(11-25(32)29-22)31-9-7-30(8-10-31)15-17-3-5-28-14-20(17)26/h3-6,11-14,16H,7-10,15H2,1-2H3. The number of ether oxygens (including phenoxy) is 2. The Morgan fingerprint density at radius 1 is 1.03 bits per heavy atom. The number of rotatable bonds is 6. The van der Waals surface area contributed by atoms with Gasteiger partial charge in [0.05, 0.1) is 24.9 Å². The van der Waals surface area contributed by atoms with Gasteiger partial charge in [0.15, 0.2) is 0 Å². The molecule has 9 heteroatoms. The fourth-order valence-electron chi connectivity index (χ4n) is 4.30. The van der Waals surface area contributed by atoms with Gasteiger partial charge < -0.3 is 18.8 Å². The molecular formula is C25H25BrClN5O2. The summed E-state index contributed by atoms with van der Waals surface area (Å²) < 4.78 is 14.0. The number of halogens is 2. The number of imidazole rings is 1. The van der Waals surface area contributed by atoms with Crippen molar-refractivity contribution < 1.29 is 9.47 Å². The van der Waals surface area contributed by atoms with Crippen LogP contribution in [-0.4, -0.2) is 59.7 Å². The molecule has 0 unspecified atom stereocenters. The molecule has 1 fully saturated rings. The molecule has 7 nitrogen and oxygen atoms in total. The van der Waals surface area contributed by atoms with Crippen molar-refractivity contribution in [1.82, 2.24) is 19.3 Å². The SMILES string of the molecule is COc1cc(OC)c(-c2cn3ccc(N4CCN(Cc5ccncc5Br)CC4)cc3n2)cc1Cl.